The van der Waals surface area contributed by atoms with Gasteiger partial charge in [-0.25, -0.2) is 9.59 Å². The second-order valence-electron chi connectivity index (χ2n) is 11.0. The molecule has 0 heterocycles. The van der Waals surface area contributed by atoms with Gasteiger partial charge in [-0.05, 0) is 39.7 Å². The zero-order chi connectivity index (χ0) is 28.4. The van der Waals surface area contributed by atoms with Gasteiger partial charge in [-0.2, -0.15) is 0 Å². The van der Waals surface area contributed by atoms with Crippen LogP contribution in [0.15, 0.2) is 30.3 Å². The molecule has 8 heteroatoms. The van der Waals surface area contributed by atoms with Gasteiger partial charge in [0.1, 0.15) is 17.7 Å². The number of alkyl carbamates (subject to hydrolysis) is 1. The monoisotopic (exact) mass is 534 g/mol. The third kappa shape index (κ3) is 15.6. The zero-order valence-electron chi connectivity index (χ0n) is 24.1. The van der Waals surface area contributed by atoms with Gasteiger partial charge in [0.05, 0.1) is 12.7 Å². The van der Waals surface area contributed by atoms with E-state index in [1.807, 2.05) is 30.3 Å². The predicted molar refractivity (Wildman–Crippen MR) is 150 cm³/mol. The Morgan fingerprint density at radius 3 is 1.95 bits per heavy atom. The number of carbonyl (C=O) groups excluding carboxylic acids is 2. The first-order valence-electron chi connectivity index (χ1n) is 14.2. The van der Waals surface area contributed by atoms with E-state index in [1.54, 1.807) is 27.7 Å². The Labute approximate surface area is 229 Å². The van der Waals surface area contributed by atoms with Gasteiger partial charge in [0.25, 0.3) is 0 Å². The third-order valence-corrected chi connectivity index (χ3v) is 6.24. The molecule has 216 valence electrons. The summed E-state index contributed by atoms with van der Waals surface area (Å²) in [5, 5.41) is 14.9. The maximum absolute atomic E-state index is 13.2. The van der Waals surface area contributed by atoms with E-state index in [0.717, 1.165) is 24.8 Å². The van der Waals surface area contributed by atoms with Crippen LogP contribution >= 0.6 is 0 Å². The Hall–Kier alpha value is -2.61. The summed E-state index contributed by atoms with van der Waals surface area (Å²) in [7, 11) is 0. The molecule has 0 aliphatic rings. The van der Waals surface area contributed by atoms with E-state index in [2.05, 4.69) is 17.6 Å². The van der Waals surface area contributed by atoms with Crippen molar-refractivity contribution in [1.29, 1.82) is 0 Å². The van der Waals surface area contributed by atoms with Gasteiger partial charge < -0.3 is 25.2 Å². The van der Waals surface area contributed by atoms with Gasteiger partial charge in [-0.1, -0.05) is 101 Å². The molecular formula is C30H50N2O6. The first-order chi connectivity index (χ1) is 18.0. The molecule has 0 saturated heterocycles. The third-order valence-electron chi connectivity index (χ3n) is 6.24. The number of carboxylic acid groups (broad SMARTS) is 1. The number of rotatable bonds is 19. The molecule has 0 aromatic heterocycles. The molecule has 1 aromatic rings. The van der Waals surface area contributed by atoms with Crippen molar-refractivity contribution in [3.8, 4) is 0 Å². The lowest BCUT2D eigenvalue weighted by molar-refractivity contribution is -0.143. The minimum atomic E-state index is -1.12. The largest absolute Gasteiger partial charge is 0.480 e. The fourth-order valence-corrected chi connectivity index (χ4v) is 4.08. The van der Waals surface area contributed by atoms with E-state index in [-0.39, 0.29) is 6.61 Å². The van der Waals surface area contributed by atoms with Gasteiger partial charge in [-0.15, -0.1) is 0 Å². The summed E-state index contributed by atoms with van der Waals surface area (Å²) >= 11 is 0. The molecule has 0 saturated carbocycles. The molecule has 0 aliphatic heterocycles. The molecule has 3 N–H and O–H groups in total. The van der Waals surface area contributed by atoms with E-state index in [4.69, 9.17) is 9.47 Å². The van der Waals surface area contributed by atoms with Gasteiger partial charge in [0.15, 0.2) is 0 Å². The maximum Gasteiger partial charge on any atom is 0.408 e. The predicted octanol–water partition coefficient (Wildman–Crippen LogP) is 6.37. The van der Waals surface area contributed by atoms with Crippen LogP contribution in [0.5, 0.6) is 0 Å². The second-order valence-corrected chi connectivity index (χ2v) is 11.0. The van der Waals surface area contributed by atoms with E-state index in [9.17, 15) is 19.5 Å². The number of hydrogen-bond acceptors (Lipinski definition) is 5. The Bertz CT molecular complexity index is 809. The smallest absolute Gasteiger partial charge is 0.408 e. The lowest BCUT2D eigenvalue weighted by atomic mass is 10.0. The van der Waals surface area contributed by atoms with Crippen molar-refractivity contribution >= 4 is 18.0 Å². The van der Waals surface area contributed by atoms with Crippen molar-refractivity contribution in [3.63, 3.8) is 0 Å². The fraction of sp³-hybridized carbons (Fsp3) is 0.700. The minimum Gasteiger partial charge on any atom is -0.480 e. The summed E-state index contributed by atoms with van der Waals surface area (Å²) in [4.78, 5) is 37.5. The van der Waals surface area contributed by atoms with Crippen molar-refractivity contribution in [2.24, 2.45) is 0 Å². The second kappa shape index (κ2) is 18.6. The summed E-state index contributed by atoms with van der Waals surface area (Å²) in [5.41, 5.74) is 0.165. The van der Waals surface area contributed by atoms with Crippen LogP contribution in [-0.4, -0.2) is 46.9 Å². The van der Waals surface area contributed by atoms with E-state index in [0.29, 0.717) is 12.8 Å². The van der Waals surface area contributed by atoms with Gasteiger partial charge in [-0.3, -0.25) is 4.79 Å². The number of hydrogen-bond donors (Lipinski definition) is 3. The average Bonchev–Trinajstić information content (AvgIpc) is 2.85. The van der Waals surface area contributed by atoms with Crippen molar-refractivity contribution in [1.82, 2.24) is 10.6 Å². The average molecular weight is 535 g/mol. The SMILES string of the molecule is CCCCCCCCCCCC[C@H](NC(=O)[C@H](NC(=O)OC(C)(C)C)C(C)OCc1ccccc1)C(=O)O. The Kier molecular flexibility index (Phi) is 16.4. The molecule has 0 bridgehead atoms. The molecule has 0 aliphatic carbocycles. The number of aliphatic carboxylic acids is 1. The van der Waals surface area contributed by atoms with Crippen LogP contribution in [0.25, 0.3) is 0 Å². The highest BCUT2D eigenvalue weighted by molar-refractivity contribution is 5.89. The van der Waals surface area contributed by atoms with E-state index >= 15 is 0 Å². The molecular weight excluding hydrogens is 484 g/mol. The van der Waals surface area contributed by atoms with Crippen LogP contribution in [-0.2, 0) is 25.7 Å². The van der Waals surface area contributed by atoms with Gasteiger partial charge >= 0.3 is 12.1 Å². The molecule has 0 spiro atoms. The maximum atomic E-state index is 13.2. The number of amides is 2. The first kappa shape index (κ1) is 33.4. The van der Waals surface area contributed by atoms with Crippen LogP contribution in [0.2, 0.25) is 0 Å². The van der Waals surface area contributed by atoms with Gasteiger partial charge in [0.2, 0.25) is 5.91 Å². The molecule has 0 fully saturated rings. The summed E-state index contributed by atoms with van der Waals surface area (Å²) in [6, 6.07) is 7.30. The van der Waals surface area contributed by atoms with E-state index < -0.39 is 41.8 Å². The van der Waals surface area contributed by atoms with Crippen molar-refractivity contribution in [2.45, 2.75) is 136 Å². The molecule has 38 heavy (non-hydrogen) atoms. The lowest BCUT2D eigenvalue weighted by Crippen LogP contribution is -2.56. The number of carboxylic acids is 1. The standard InChI is InChI=1S/C30H50N2O6/c1-6-7-8-9-10-11-12-13-14-18-21-25(28(34)35)31-27(33)26(32-29(36)38-30(3,4)5)23(2)37-22-24-19-16-15-17-20-24/h15-17,19-20,23,25-26H,6-14,18,21-22H2,1-5H3,(H,31,33)(H,32,36)(H,34,35)/t23?,25-,26+/m0/s1. The molecule has 8 nitrogen and oxygen atoms in total. The highest BCUT2D eigenvalue weighted by Gasteiger charge is 2.32. The van der Waals surface area contributed by atoms with E-state index in [1.165, 1.54) is 38.5 Å². The topological polar surface area (TPSA) is 114 Å². The summed E-state index contributed by atoms with van der Waals surface area (Å²) in [6.45, 7) is 9.30. The number of carbonyl (C=O) groups is 3. The molecule has 0 radical (unpaired) electrons. The summed E-state index contributed by atoms with van der Waals surface area (Å²) < 4.78 is 11.2. The molecule has 1 aromatic carbocycles. The summed E-state index contributed by atoms with van der Waals surface area (Å²) in [5.74, 6) is -1.71. The number of benzene rings is 1. The molecule has 2 amide bonds. The molecule has 1 rings (SSSR count). The Morgan fingerprint density at radius 2 is 1.42 bits per heavy atom. The number of unbranched alkanes of at least 4 members (excludes halogenated alkanes) is 9. The molecule has 3 atom stereocenters. The first-order valence-corrected chi connectivity index (χ1v) is 14.2. The lowest BCUT2D eigenvalue weighted by Gasteiger charge is -2.28. The normalized spacial score (nSPS) is 13.8. The van der Waals surface area contributed by atoms with Crippen LogP contribution in [0.4, 0.5) is 4.79 Å². The van der Waals surface area contributed by atoms with Crippen LogP contribution in [0, 0.1) is 0 Å². The Balaban J connectivity index is 2.64. The highest BCUT2D eigenvalue weighted by atomic mass is 16.6. The number of nitrogens with one attached hydrogen (secondary N) is 2. The van der Waals surface area contributed by atoms with Crippen molar-refractivity contribution in [3.05, 3.63) is 35.9 Å². The minimum absolute atomic E-state index is 0.239. The van der Waals surface area contributed by atoms with Crippen LogP contribution in [0.3, 0.4) is 0 Å². The summed E-state index contributed by atoms with van der Waals surface area (Å²) in [6.07, 6.45) is 10.3. The van der Waals surface area contributed by atoms with Crippen molar-refractivity contribution < 1.29 is 29.0 Å². The fourth-order valence-electron chi connectivity index (χ4n) is 4.08. The number of ether oxygens (including phenoxy) is 2. The van der Waals surface area contributed by atoms with Crippen molar-refractivity contribution in [2.75, 3.05) is 0 Å². The van der Waals surface area contributed by atoms with Gasteiger partial charge in [0, 0.05) is 0 Å². The van der Waals surface area contributed by atoms with Crippen LogP contribution in [0.1, 0.15) is 111 Å². The highest BCUT2D eigenvalue weighted by Crippen LogP contribution is 2.14. The van der Waals surface area contributed by atoms with Crippen LogP contribution < -0.4 is 10.6 Å². The zero-order valence-corrected chi connectivity index (χ0v) is 24.1. The Morgan fingerprint density at radius 1 is 0.868 bits per heavy atom. The quantitative estimate of drug-likeness (QED) is 0.178. The molecule has 1 unspecified atom stereocenters.